The molecule has 0 saturated carbocycles. The molecule has 1 heterocycles. The number of nitrogens with zero attached hydrogens (tertiary/aromatic N) is 4. The first kappa shape index (κ1) is 15.1. The summed E-state index contributed by atoms with van der Waals surface area (Å²) in [5.41, 5.74) is 0. The van der Waals surface area contributed by atoms with E-state index in [0.29, 0.717) is 25.4 Å². The molecule has 0 aromatic carbocycles. The van der Waals surface area contributed by atoms with Crippen molar-refractivity contribution < 1.29 is 14.4 Å². The van der Waals surface area contributed by atoms with Gasteiger partial charge in [0.1, 0.15) is 0 Å². The molecule has 0 spiro atoms. The summed E-state index contributed by atoms with van der Waals surface area (Å²) in [6.07, 6.45) is 0.312. The lowest BCUT2D eigenvalue weighted by molar-refractivity contribution is -0.143. The van der Waals surface area contributed by atoms with E-state index in [1.807, 2.05) is 24.8 Å². The van der Waals surface area contributed by atoms with Gasteiger partial charge in [-0.2, -0.15) is 5.26 Å². The highest BCUT2D eigenvalue weighted by atomic mass is 16.2. The second kappa shape index (κ2) is 6.29. The van der Waals surface area contributed by atoms with Crippen LogP contribution >= 0.6 is 0 Å². The molecule has 1 saturated heterocycles. The Kier molecular flexibility index (Phi) is 5.01. The molecule has 1 aliphatic heterocycles. The van der Waals surface area contributed by atoms with Gasteiger partial charge < -0.3 is 0 Å². The van der Waals surface area contributed by atoms with Crippen molar-refractivity contribution in [3.8, 4) is 6.07 Å². The standard InChI is InChI=1S/C12H18N4O3/c1-9(2)7-15(6-4-5-13)8-16-11(18)10(17)14(3)12(16)19/h9H,4,6-8H2,1-3H3. The molecule has 7 nitrogen and oxygen atoms in total. The molecule has 0 unspecified atom stereocenters. The number of carbonyl (C=O) groups is 3. The zero-order chi connectivity index (χ0) is 14.6. The van der Waals surface area contributed by atoms with Gasteiger partial charge in [0, 0.05) is 26.6 Å². The van der Waals surface area contributed by atoms with E-state index < -0.39 is 17.8 Å². The van der Waals surface area contributed by atoms with Crippen LogP contribution in [0.2, 0.25) is 0 Å². The third kappa shape index (κ3) is 3.51. The minimum atomic E-state index is -0.810. The van der Waals surface area contributed by atoms with Gasteiger partial charge in [-0.15, -0.1) is 0 Å². The molecule has 7 heteroatoms. The molecule has 0 aliphatic carbocycles. The van der Waals surface area contributed by atoms with Crippen molar-refractivity contribution in [1.29, 1.82) is 5.26 Å². The number of hydrogen-bond donors (Lipinski definition) is 0. The lowest BCUT2D eigenvalue weighted by Gasteiger charge is -2.26. The number of urea groups is 1. The normalized spacial score (nSPS) is 15.9. The number of carbonyl (C=O) groups excluding carboxylic acids is 3. The summed E-state index contributed by atoms with van der Waals surface area (Å²) >= 11 is 0. The van der Waals surface area contributed by atoms with Crippen LogP contribution in [0.5, 0.6) is 0 Å². The van der Waals surface area contributed by atoms with Crippen molar-refractivity contribution >= 4 is 17.8 Å². The van der Waals surface area contributed by atoms with Crippen molar-refractivity contribution in [2.75, 3.05) is 26.8 Å². The van der Waals surface area contributed by atoms with Gasteiger partial charge in [0.15, 0.2) is 0 Å². The Hall–Kier alpha value is -1.94. The molecule has 1 rings (SSSR count). The van der Waals surface area contributed by atoms with E-state index in [9.17, 15) is 14.4 Å². The van der Waals surface area contributed by atoms with Gasteiger partial charge in [-0.3, -0.25) is 19.4 Å². The van der Waals surface area contributed by atoms with Crippen molar-refractivity contribution in [3.63, 3.8) is 0 Å². The Labute approximate surface area is 112 Å². The monoisotopic (exact) mass is 266 g/mol. The third-order valence-electron chi connectivity index (χ3n) is 2.76. The maximum atomic E-state index is 11.7. The van der Waals surface area contributed by atoms with Crippen molar-refractivity contribution in [1.82, 2.24) is 14.7 Å². The second-order valence-electron chi connectivity index (χ2n) is 4.90. The maximum Gasteiger partial charge on any atom is 0.335 e. The Bertz CT molecular complexity index is 427. The smallest absolute Gasteiger partial charge is 0.284 e. The molecule has 1 aliphatic rings. The summed E-state index contributed by atoms with van der Waals surface area (Å²) in [6, 6.07) is 1.42. The summed E-state index contributed by atoms with van der Waals surface area (Å²) in [5, 5.41) is 8.61. The molecule has 0 bridgehead atoms. The second-order valence-corrected chi connectivity index (χ2v) is 4.90. The third-order valence-corrected chi connectivity index (χ3v) is 2.76. The van der Waals surface area contributed by atoms with E-state index in [1.165, 1.54) is 7.05 Å². The van der Waals surface area contributed by atoms with E-state index in [4.69, 9.17) is 5.26 Å². The Morgan fingerprint density at radius 3 is 2.32 bits per heavy atom. The van der Waals surface area contributed by atoms with E-state index in [2.05, 4.69) is 0 Å². The highest BCUT2D eigenvalue weighted by Crippen LogP contribution is 2.11. The van der Waals surface area contributed by atoms with Crippen LogP contribution in [0, 0.1) is 17.2 Å². The molecular formula is C12H18N4O3. The lowest BCUT2D eigenvalue weighted by Crippen LogP contribution is -2.43. The average Bonchev–Trinajstić information content (AvgIpc) is 2.53. The molecule has 0 radical (unpaired) electrons. The summed E-state index contributed by atoms with van der Waals surface area (Å²) in [7, 11) is 1.28. The van der Waals surface area contributed by atoms with E-state index in [1.54, 1.807) is 0 Å². The molecule has 1 fully saturated rings. The number of hydrogen-bond acceptors (Lipinski definition) is 5. The van der Waals surface area contributed by atoms with Gasteiger partial charge in [-0.1, -0.05) is 13.8 Å². The summed E-state index contributed by atoms with van der Waals surface area (Å²) < 4.78 is 0. The molecular weight excluding hydrogens is 248 g/mol. The van der Waals surface area contributed by atoms with Crippen LogP contribution in [-0.4, -0.2) is 59.4 Å². The maximum absolute atomic E-state index is 11.7. The van der Waals surface area contributed by atoms with Gasteiger partial charge in [0.2, 0.25) is 0 Å². The Morgan fingerprint density at radius 1 is 1.26 bits per heavy atom. The van der Waals surface area contributed by atoms with Crippen LogP contribution in [0.3, 0.4) is 0 Å². The van der Waals surface area contributed by atoms with Gasteiger partial charge >= 0.3 is 17.8 Å². The molecule has 0 atom stereocenters. The lowest BCUT2D eigenvalue weighted by atomic mass is 10.2. The number of amides is 4. The molecule has 0 aromatic heterocycles. The van der Waals surface area contributed by atoms with Crippen LogP contribution in [0.1, 0.15) is 20.3 Å². The largest absolute Gasteiger partial charge is 0.335 e. The predicted molar refractivity (Wildman–Crippen MR) is 66.5 cm³/mol. The van der Waals surface area contributed by atoms with Crippen LogP contribution in [-0.2, 0) is 9.59 Å². The fraction of sp³-hybridized carbons (Fsp3) is 0.667. The fourth-order valence-corrected chi connectivity index (χ4v) is 1.88. The summed E-state index contributed by atoms with van der Waals surface area (Å²) in [5.74, 6) is -1.28. The van der Waals surface area contributed by atoms with Gasteiger partial charge in [0.25, 0.3) is 0 Å². The molecule has 104 valence electrons. The first-order valence-corrected chi connectivity index (χ1v) is 6.11. The highest BCUT2D eigenvalue weighted by molar-refractivity contribution is 6.44. The SMILES string of the molecule is CC(C)CN(CCC#N)CN1C(=O)C(=O)N(C)C1=O. The van der Waals surface area contributed by atoms with Gasteiger partial charge in [0.05, 0.1) is 12.7 Å². The molecule has 0 aromatic rings. The summed E-state index contributed by atoms with van der Waals surface area (Å²) in [6.45, 7) is 5.17. The Balaban J connectivity index is 2.73. The summed E-state index contributed by atoms with van der Waals surface area (Å²) in [4.78, 5) is 38.3. The first-order chi connectivity index (χ1) is 8.88. The van der Waals surface area contributed by atoms with E-state index in [-0.39, 0.29) is 6.67 Å². The topological polar surface area (TPSA) is 84.7 Å². The van der Waals surface area contributed by atoms with Crippen molar-refractivity contribution in [3.05, 3.63) is 0 Å². The number of rotatable bonds is 6. The minimum Gasteiger partial charge on any atom is -0.284 e. The minimum absolute atomic E-state index is 0.0492. The predicted octanol–water partition coefficient (Wildman–Crippen LogP) is 0.236. The van der Waals surface area contributed by atoms with Crippen LogP contribution < -0.4 is 0 Å². The molecule has 19 heavy (non-hydrogen) atoms. The number of likely N-dealkylation sites (N-methyl/N-ethyl adjacent to an activating group) is 1. The highest BCUT2D eigenvalue weighted by Gasteiger charge is 2.42. The van der Waals surface area contributed by atoms with E-state index in [0.717, 1.165) is 9.80 Å². The molecule has 0 N–H and O–H groups in total. The van der Waals surface area contributed by atoms with E-state index >= 15 is 0 Å². The zero-order valence-corrected chi connectivity index (χ0v) is 11.4. The zero-order valence-electron chi connectivity index (χ0n) is 11.4. The fourth-order valence-electron chi connectivity index (χ4n) is 1.88. The molecule has 4 amide bonds. The number of imide groups is 2. The van der Waals surface area contributed by atoms with Crippen molar-refractivity contribution in [2.45, 2.75) is 20.3 Å². The average molecular weight is 266 g/mol. The van der Waals surface area contributed by atoms with Crippen LogP contribution in [0.15, 0.2) is 0 Å². The van der Waals surface area contributed by atoms with Crippen LogP contribution in [0.4, 0.5) is 4.79 Å². The van der Waals surface area contributed by atoms with Crippen molar-refractivity contribution in [2.24, 2.45) is 5.92 Å². The van der Waals surface area contributed by atoms with Gasteiger partial charge in [-0.05, 0) is 5.92 Å². The van der Waals surface area contributed by atoms with Gasteiger partial charge in [-0.25, -0.2) is 9.69 Å². The quantitative estimate of drug-likeness (QED) is 0.507. The Morgan fingerprint density at radius 2 is 1.89 bits per heavy atom. The first-order valence-electron chi connectivity index (χ1n) is 6.11. The number of nitriles is 1. The van der Waals surface area contributed by atoms with Crippen LogP contribution in [0.25, 0.3) is 0 Å².